The van der Waals surface area contributed by atoms with Crippen LogP contribution in [0.25, 0.3) is 6.08 Å². The zero-order chi connectivity index (χ0) is 21.3. The van der Waals surface area contributed by atoms with E-state index >= 15 is 0 Å². The van der Waals surface area contributed by atoms with Crippen LogP contribution in [0.15, 0.2) is 42.0 Å². The van der Waals surface area contributed by atoms with Crippen molar-refractivity contribution in [2.24, 2.45) is 0 Å². The summed E-state index contributed by atoms with van der Waals surface area (Å²) in [6.07, 6.45) is 6.08. The lowest BCUT2D eigenvalue weighted by atomic mass is 9.83. The van der Waals surface area contributed by atoms with Gasteiger partial charge in [0.05, 0.1) is 0 Å². The monoisotopic (exact) mass is 406 g/mol. The highest BCUT2D eigenvalue weighted by molar-refractivity contribution is 5.67. The maximum Gasteiger partial charge on any atom is 0.168 e. The molecule has 2 N–H and O–H groups in total. The number of rotatable bonds is 2. The van der Waals surface area contributed by atoms with Gasteiger partial charge >= 0.3 is 0 Å². The summed E-state index contributed by atoms with van der Waals surface area (Å²) in [6.45, 7) is 8.08. The van der Waals surface area contributed by atoms with Gasteiger partial charge in [0.2, 0.25) is 0 Å². The van der Waals surface area contributed by atoms with Crippen molar-refractivity contribution in [3.05, 3.63) is 64.2 Å². The Labute approximate surface area is 176 Å². The number of aromatic hydroxyl groups is 1. The van der Waals surface area contributed by atoms with Crippen molar-refractivity contribution in [1.82, 2.24) is 0 Å². The average molecular weight is 406 g/mol. The van der Waals surface area contributed by atoms with Crippen molar-refractivity contribution in [2.45, 2.75) is 51.4 Å². The topological polar surface area (TPSA) is 68.2 Å². The van der Waals surface area contributed by atoms with Gasteiger partial charge in [-0.2, -0.15) is 0 Å². The maximum atomic E-state index is 11.6. The number of aliphatic hydroxyl groups is 1. The molecule has 30 heavy (non-hydrogen) atoms. The van der Waals surface area contributed by atoms with E-state index in [1.807, 2.05) is 58.0 Å². The number of hydrogen-bond donors (Lipinski definition) is 2. The summed E-state index contributed by atoms with van der Waals surface area (Å²) in [5.74, 6) is 2.07. The number of phenolic OH excluding ortho intramolecular Hbond substituents is 1. The SMILES string of the molecule is CC(C)=CCc1cc2c(cc1O)OC[C@@]1(O)c3cc4c(cc3O[C@@H]21)C=CC(C)(C)O4. The van der Waals surface area contributed by atoms with Crippen LogP contribution in [0.5, 0.6) is 23.0 Å². The third-order valence-electron chi connectivity index (χ3n) is 5.97. The Bertz CT molecular complexity index is 1110. The molecule has 3 heterocycles. The molecule has 2 atom stereocenters. The molecule has 0 amide bonds. The number of allylic oxidation sites excluding steroid dienone is 2. The van der Waals surface area contributed by atoms with Gasteiger partial charge in [0.25, 0.3) is 0 Å². The van der Waals surface area contributed by atoms with Gasteiger partial charge in [-0.25, -0.2) is 0 Å². The van der Waals surface area contributed by atoms with Crippen LogP contribution in [0.4, 0.5) is 0 Å². The quantitative estimate of drug-likeness (QED) is 0.702. The lowest BCUT2D eigenvalue weighted by Gasteiger charge is -2.35. The third kappa shape index (κ3) is 2.88. The van der Waals surface area contributed by atoms with Crippen LogP contribution in [0.2, 0.25) is 0 Å². The van der Waals surface area contributed by atoms with Gasteiger partial charge < -0.3 is 24.4 Å². The Morgan fingerprint density at radius 3 is 2.70 bits per heavy atom. The van der Waals surface area contributed by atoms with Crippen molar-refractivity contribution in [3.8, 4) is 23.0 Å². The molecule has 0 saturated carbocycles. The van der Waals surface area contributed by atoms with Gasteiger partial charge in [-0.15, -0.1) is 0 Å². The predicted molar refractivity (Wildman–Crippen MR) is 114 cm³/mol. The minimum atomic E-state index is -1.32. The largest absolute Gasteiger partial charge is 0.508 e. The van der Waals surface area contributed by atoms with Gasteiger partial charge in [0.1, 0.15) is 35.2 Å². The Balaban J connectivity index is 1.58. The summed E-state index contributed by atoms with van der Waals surface area (Å²) in [6, 6.07) is 7.28. The Morgan fingerprint density at radius 1 is 1.13 bits per heavy atom. The Hall–Kier alpha value is -2.92. The second-order valence-corrected chi connectivity index (χ2v) is 9.14. The van der Waals surface area contributed by atoms with Crippen LogP contribution in [0.3, 0.4) is 0 Å². The molecule has 5 rings (SSSR count). The van der Waals surface area contributed by atoms with E-state index in [1.54, 1.807) is 6.07 Å². The van der Waals surface area contributed by atoms with Gasteiger partial charge in [-0.05, 0) is 64.0 Å². The summed E-state index contributed by atoms with van der Waals surface area (Å²) in [4.78, 5) is 0. The standard InChI is InChI=1S/C25H26O5/c1-14(2)5-6-15-9-17-21(12-19(15)26)28-13-25(27)18-11-20-16(7-8-24(3,4)30-20)10-22(18)29-23(17)25/h5,7-12,23,26-27H,6,13H2,1-4H3/t23-,25+/m0/s1. The minimum absolute atomic E-state index is 0.0441. The van der Waals surface area contributed by atoms with Crippen molar-refractivity contribution in [3.63, 3.8) is 0 Å². The second kappa shape index (κ2) is 6.29. The molecular formula is C25H26O5. The van der Waals surface area contributed by atoms with E-state index in [1.165, 1.54) is 5.57 Å². The predicted octanol–water partition coefficient (Wildman–Crippen LogP) is 4.80. The average Bonchev–Trinajstić information content (AvgIpc) is 2.96. The molecule has 0 bridgehead atoms. The molecule has 0 unspecified atom stereocenters. The molecule has 5 nitrogen and oxygen atoms in total. The summed E-state index contributed by atoms with van der Waals surface area (Å²) in [7, 11) is 0. The maximum absolute atomic E-state index is 11.6. The first kappa shape index (κ1) is 19.1. The van der Waals surface area contributed by atoms with Crippen LogP contribution in [-0.4, -0.2) is 22.4 Å². The highest BCUT2D eigenvalue weighted by atomic mass is 16.5. The lowest BCUT2D eigenvalue weighted by molar-refractivity contribution is -0.0865. The second-order valence-electron chi connectivity index (χ2n) is 9.14. The van der Waals surface area contributed by atoms with Crippen LogP contribution < -0.4 is 14.2 Å². The number of phenols is 1. The fourth-order valence-corrected chi connectivity index (χ4v) is 4.31. The first-order valence-corrected chi connectivity index (χ1v) is 10.2. The third-order valence-corrected chi connectivity index (χ3v) is 5.97. The van der Waals surface area contributed by atoms with Gasteiger partial charge in [0.15, 0.2) is 11.7 Å². The Morgan fingerprint density at radius 2 is 1.93 bits per heavy atom. The van der Waals surface area contributed by atoms with Gasteiger partial charge in [-0.3, -0.25) is 0 Å². The van der Waals surface area contributed by atoms with Crippen molar-refractivity contribution >= 4 is 6.08 Å². The number of ether oxygens (including phenoxy) is 3. The van der Waals surface area contributed by atoms with Crippen molar-refractivity contribution in [1.29, 1.82) is 0 Å². The number of benzene rings is 2. The lowest BCUT2D eigenvalue weighted by Crippen LogP contribution is -2.41. The van der Waals surface area contributed by atoms with Crippen molar-refractivity contribution in [2.75, 3.05) is 6.61 Å². The zero-order valence-corrected chi connectivity index (χ0v) is 17.7. The molecular weight excluding hydrogens is 380 g/mol. The van der Waals surface area contributed by atoms with Crippen LogP contribution in [0, 0.1) is 0 Å². The van der Waals surface area contributed by atoms with Crippen LogP contribution in [-0.2, 0) is 12.0 Å². The Kier molecular flexibility index (Phi) is 4.00. The van der Waals surface area contributed by atoms with E-state index in [2.05, 4.69) is 6.08 Å². The summed E-state index contributed by atoms with van der Waals surface area (Å²) in [5.41, 5.74) is 2.55. The smallest absolute Gasteiger partial charge is 0.168 e. The van der Waals surface area contributed by atoms with Gasteiger partial charge in [0, 0.05) is 22.8 Å². The summed E-state index contributed by atoms with van der Waals surface area (Å²) >= 11 is 0. The molecule has 0 spiro atoms. The van der Waals surface area contributed by atoms with Crippen LogP contribution in [0.1, 0.15) is 56.1 Å². The zero-order valence-electron chi connectivity index (χ0n) is 17.7. The van der Waals surface area contributed by atoms with E-state index in [4.69, 9.17) is 14.2 Å². The fourth-order valence-electron chi connectivity index (χ4n) is 4.31. The molecule has 156 valence electrons. The number of hydrogen-bond acceptors (Lipinski definition) is 5. The minimum Gasteiger partial charge on any atom is -0.508 e. The van der Waals surface area contributed by atoms with Crippen molar-refractivity contribution < 1.29 is 24.4 Å². The van der Waals surface area contributed by atoms with Crippen LogP contribution >= 0.6 is 0 Å². The summed E-state index contributed by atoms with van der Waals surface area (Å²) < 4.78 is 18.2. The summed E-state index contributed by atoms with van der Waals surface area (Å²) in [5, 5.41) is 22.0. The molecule has 0 radical (unpaired) electrons. The number of fused-ring (bicyclic) bond motifs is 6. The normalized spacial score (nSPS) is 24.4. The molecule has 3 aliphatic heterocycles. The molecule has 0 saturated heterocycles. The highest BCUT2D eigenvalue weighted by Crippen LogP contribution is 2.56. The van der Waals surface area contributed by atoms with E-state index < -0.39 is 17.3 Å². The van der Waals surface area contributed by atoms with Gasteiger partial charge in [-0.1, -0.05) is 17.7 Å². The first-order valence-electron chi connectivity index (χ1n) is 10.2. The highest BCUT2D eigenvalue weighted by Gasteiger charge is 2.53. The molecule has 0 aromatic heterocycles. The van der Waals surface area contributed by atoms with E-state index in [-0.39, 0.29) is 12.4 Å². The molecule has 5 heteroatoms. The fraction of sp³-hybridized carbons (Fsp3) is 0.360. The molecule has 3 aliphatic rings. The van der Waals surface area contributed by atoms with E-state index in [0.717, 1.165) is 22.4 Å². The molecule has 2 aromatic carbocycles. The first-order chi connectivity index (χ1) is 14.2. The van der Waals surface area contributed by atoms with E-state index in [0.29, 0.717) is 23.5 Å². The molecule has 0 aliphatic carbocycles. The van der Waals surface area contributed by atoms with E-state index in [9.17, 15) is 10.2 Å². The molecule has 0 fully saturated rings. The molecule has 2 aromatic rings.